The minimum Gasteiger partial charge on any atom is -0.399 e. The molecule has 0 unspecified atom stereocenters. The second-order valence-electron chi connectivity index (χ2n) is 4.68. The van der Waals surface area contributed by atoms with E-state index in [0.29, 0.717) is 11.3 Å². The number of aromatic nitrogens is 1. The Labute approximate surface area is 112 Å². The Morgan fingerprint density at radius 2 is 2.05 bits per heavy atom. The van der Waals surface area contributed by atoms with Gasteiger partial charge in [0.05, 0.1) is 5.69 Å². The second kappa shape index (κ2) is 5.52. The zero-order valence-corrected chi connectivity index (χ0v) is 11.1. The summed E-state index contributed by atoms with van der Waals surface area (Å²) in [6.45, 7) is 3.86. The van der Waals surface area contributed by atoms with Gasteiger partial charge in [-0.2, -0.15) is 0 Å². The van der Waals surface area contributed by atoms with E-state index in [1.165, 1.54) is 0 Å². The zero-order chi connectivity index (χ0) is 13.8. The second-order valence-corrected chi connectivity index (χ2v) is 4.68. The van der Waals surface area contributed by atoms with Crippen LogP contribution in [0.25, 0.3) is 11.3 Å². The van der Waals surface area contributed by atoms with Gasteiger partial charge in [-0.05, 0) is 38.1 Å². The molecule has 0 saturated carbocycles. The molecule has 0 fully saturated rings. The molecule has 4 nitrogen and oxygen atoms in total. The molecule has 0 aliphatic carbocycles. The van der Waals surface area contributed by atoms with Crippen molar-refractivity contribution in [2.75, 3.05) is 5.73 Å². The van der Waals surface area contributed by atoms with Gasteiger partial charge >= 0.3 is 0 Å². The third kappa shape index (κ3) is 3.31. The highest BCUT2D eigenvalue weighted by Gasteiger charge is 2.09. The van der Waals surface area contributed by atoms with Crippen LogP contribution in [-0.2, 0) is 0 Å². The number of nitrogens with one attached hydrogen (secondary N) is 1. The molecule has 0 saturated heterocycles. The SMILES string of the molecule is CC(C)NC(=O)c1ccnc(-c2cccc(N)c2)c1. The number of nitrogens with zero attached hydrogens (tertiary/aromatic N) is 1. The monoisotopic (exact) mass is 255 g/mol. The molecule has 1 aromatic heterocycles. The molecule has 0 spiro atoms. The minimum atomic E-state index is -0.0949. The number of anilines is 1. The van der Waals surface area contributed by atoms with Crippen LogP contribution in [0.4, 0.5) is 5.69 Å². The molecule has 3 N–H and O–H groups in total. The lowest BCUT2D eigenvalue weighted by molar-refractivity contribution is 0.0943. The Morgan fingerprint density at radius 3 is 2.74 bits per heavy atom. The first-order chi connectivity index (χ1) is 9.06. The van der Waals surface area contributed by atoms with Crippen LogP contribution in [0.5, 0.6) is 0 Å². The Balaban J connectivity index is 2.32. The van der Waals surface area contributed by atoms with E-state index in [-0.39, 0.29) is 11.9 Å². The largest absolute Gasteiger partial charge is 0.399 e. The quantitative estimate of drug-likeness (QED) is 0.828. The van der Waals surface area contributed by atoms with Crippen LogP contribution in [0.3, 0.4) is 0 Å². The van der Waals surface area contributed by atoms with Crippen molar-refractivity contribution in [1.29, 1.82) is 0 Å². The van der Waals surface area contributed by atoms with Gasteiger partial charge in [0.15, 0.2) is 0 Å². The molecule has 0 radical (unpaired) electrons. The number of rotatable bonds is 3. The lowest BCUT2D eigenvalue weighted by Crippen LogP contribution is -2.30. The third-order valence-electron chi connectivity index (χ3n) is 2.62. The fourth-order valence-electron chi connectivity index (χ4n) is 1.77. The standard InChI is InChI=1S/C15H17N3O/c1-10(2)18-15(19)12-6-7-17-14(9-12)11-4-3-5-13(16)8-11/h3-10H,16H2,1-2H3,(H,18,19). The molecule has 1 heterocycles. The summed E-state index contributed by atoms with van der Waals surface area (Å²) < 4.78 is 0. The van der Waals surface area contributed by atoms with Crippen LogP contribution < -0.4 is 11.1 Å². The van der Waals surface area contributed by atoms with E-state index in [2.05, 4.69) is 10.3 Å². The van der Waals surface area contributed by atoms with Gasteiger partial charge in [0.1, 0.15) is 0 Å². The number of hydrogen-bond donors (Lipinski definition) is 2. The molecule has 0 atom stereocenters. The van der Waals surface area contributed by atoms with Crippen LogP contribution in [0, 0.1) is 0 Å². The summed E-state index contributed by atoms with van der Waals surface area (Å²) in [5.74, 6) is -0.0949. The topological polar surface area (TPSA) is 68.0 Å². The summed E-state index contributed by atoms with van der Waals surface area (Å²) in [4.78, 5) is 16.2. The van der Waals surface area contributed by atoms with E-state index in [0.717, 1.165) is 11.3 Å². The van der Waals surface area contributed by atoms with Crippen LogP contribution in [0.1, 0.15) is 24.2 Å². The lowest BCUT2D eigenvalue weighted by Gasteiger charge is -2.09. The van der Waals surface area contributed by atoms with Crippen molar-refractivity contribution < 1.29 is 4.79 Å². The number of carbonyl (C=O) groups excluding carboxylic acids is 1. The molecule has 2 aromatic rings. The average Bonchev–Trinajstić information content (AvgIpc) is 2.38. The smallest absolute Gasteiger partial charge is 0.251 e. The maximum absolute atomic E-state index is 11.9. The van der Waals surface area contributed by atoms with Gasteiger partial charge in [-0.25, -0.2) is 0 Å². The number of carbonyl (C=O) groups is 1. The maximum atomic E-state index is 11.9. The molecule has 19 heavy (non-hydrogen) atoms. The van der Waals surface area contributed by atoms with Gasteiger partial charge in [-0.3, -0.25) is 9.78 Å². The number of nitrogens with two attached hydrogens (primary N) is 1. The Kier molecular flexibility index (Phi) is 3.80. The molecule has 0 bridgehead atoms. The number of amides is 1. The van der Waals surface area contributed by atoms with E-state index < -0.39 is 0 Å². The van der Waals surface area contributed by atoms with Crippen molar-refractivity contribution in [3.63, 3.8) is 0 Å². The predicted octanol–water partition coefficient (Wildman–Crippen LogP) is 2.47. The van der Waals surface area contributed by atoms with Crippen LogP contribution in [-0.4, -0.2) is 16.9 Å². The van der Waals surface area contributed by atoms with E-state index in [1.807, 2.05) is 38.1 Å². The molecular weight excluding hydrogens is 238 g/mol. The van der Waals surface area contributed by atoms with Gasteiger partial charge in [-0.1, -0.05) is 12.1 Å². The van der Waals surface area contributed by atoms with E-state index in [4.69, 9.17) is 5.73 Å². The minimum absolute atomic E-state index is 0.0949. The number of benzene rings is 1. The van der Waals surface area contributed by atoms with E-state index in [9.17, 15) is 4.79 Å². The predicted molar refractivity (Wildman–Crippen MR) is 76.7 cm³/mol. The maximum Gasteiger partial charge on any atom is 0.251 e. The third-order valence-corrected chi connectivity index (χ3v) is 2.62. The summed E-state index contributed by atoms with van der Waals surface area (Å²) in [5.41, 5.74) is 8.67. The first kappa shape index (κ1) is 13.1. The molecule has 1 amide bonds. The summed E-state index contributed by atoms with van der Waals surface area (Å²) in [7, 11) is 0. The van der Waals surface area contributed by atoms with E-state index >= 15 is 0 Å². The molecule has 98 valence electrons. The van der Waals surface area contributed by atoms with Gasteiger partial charge in [-0.15, -0.1) is 0 Å². The van der Waals surface area contributed by atoms with Crippen molar-refractivity contribution in [3.8, 4) is 11.3 Å². The number of pyridine rings is 1. The fraction of sp³-hybridized carbons (Fsp3) is 0.200. The van der Waals surface area contributed by atoms with Crippen molar-refractivity contribution in [2.45, 2.75) is 19.9 Å². The van der Waals surface area contributed by atoms with Crippen LogP contribution in [0.2, 0.25) is 0 Å². The van der Waals surface area contributed by atoms with Crippen LogP contribution >= 0.6 is 0 Å². The van der Waals surface area contributed by atoms with Crippen molar-refractivity contribution >= 4 is 11.6 Å². The van der Waals surface area contributed by atoms with Gasteiger partial charge in [0, 0.05) is 29.1 Å². The highest BCUT2D eigenvalue weighted by atomic mass is 16.1. The fourth-order valence-corrected chi connectivity index (χ4v) is 1.77. The first-order valence-corrected chi connectivity index (χ1v) is 6.19. The van der Waals surface area contributed by atoms with Crippen molar-refractivity contribution in [3.05, 3.63) is 48.2 Å². The molecule has 4 heteroatoms. The molecule has 0 aliphatic rings. The molecule has 1 aromatic carbocycles. The molecule has 0 aliphatic heterocycles. The number of nitrogen functional groups attached to an aromatic ring is 1. The zero-order valence-electron chi connectivity index (χ0n) is 11.1. The summed E-state index contributed by atoms with van der Waals surface area (Å²) in [5, 5.41) is 2.86. The summed E-state index contributed by atoms with van der Waals surface area (Å²) in [6.07, 6.45) is 1.63. The van der Waals surface area contributed by atoms with Crippen molar-refractivity contribution in [1.82, 2.24) is 10.3 Å². The van der Waals surface area contributed by atoms with Gasteiger partial charge in [0.2, 0.25) is 0 Å². The Hall–Kier alpha value is -2.36. The highest BCUT2D eigenvalue weighted by Crippen LogP contribution is 2.20. The Morgan fingerprint density at radius 1 is 1.26 bits per heavy atom. The normalized spacial score (nSPS) is 10.5. The average molecular weight is 255 g/mol. The lowest BCUT2D eigenvalue weighted by atomic mass is 10.1. The van der Waals surface area contributed by atoms with E-state index in [1.54, 1.807) is 18.3 Å². The number of hydrogen-bond acceptors (Lipinski definition) is 3. The molecule has 2 rings (SSSR count). The van der Waals surface area contributed by atoms with Gasteiger partial charge in [0.25, 0.3) is 5.91 Å². The van der Waals surface area contributed by atoms with Gasteiger partial charge < -0.3 is 11.1 Å². The van der Waals surface area contributed by atoms with Crippen molar-refractivity contribution in [2.24, 2.45) is 0 Å². The Bertz CT molecular complexity index is 593. The summed E-state index contributed by atoms with van der Waals surface area (Å²) in [6, 6.07) is 11.0. The van der Waals surface area contributed by atoms with Crippen LogP contribution in [0.15, 0.2) is 42.6 Å². The summed E-state index contributed by atoms with van der Waals surface area (Å²) >= 11 is 0. The molecular formula is C15H17N3O. The first-order valence-electron chi connectivity index (χ1n) is 6.19. The highest BCUT2D eigenvalue weighted by molar-refractivity contribution is 5.95.